The van der Waals surface area contributed by atoms with Gasteiger partial charge in [-0.05, 0) is 44.0 Å². The van der Waals surface area contributed by atoms with Crippen LogP contribution in [0.25, 0.3) is 0 Å². The summed E-state index contributed by atoms with van der Waals surface area (Å²) >= 11 is 0. The standard InChI is InChI=1S/C18H26N4O4S/c1-13(12-22-15(3)9-14(2)20-22)11-19-18(23)16-7-6-8-17(10-16)27(24,25)21(4)26-5/h6-10,13H,11-12H2,1-5H3,(H,19,23). The summed E-state index contributed by atoms with van der Waals surface area (Å²) in [5.41, 5.74) is 2.31. The second-order valence-corrected chi connectivity index (χ2v) is 8.49. The molecule has 27 heavy (non-hydrogen) atoms. The van der Waals surface area contributed by atoms with Crippen LogP contribution < -0.4 is 5.32 Å². The molecule has 148 valence electrons. The molecule has 0 bridgehead atoms. The maximum atomic E-state index is 12.4. The van der Waals surface area contributed by atoms with Gasteiger partial charge in [0.05, 0.1) is 17.7 Å². The van der Waals surface area contributed by atoms with Gasteiger partial charge in [-0.25, -0.2) is 8.42 Å². The highest BCUT2D eigenvalue weighted by molar-refractivity contribution is 7.89. The molecule has 1 N–H and O–H groups in total. The Balaban J connectivity index is 2.02. The van der Waals surface area contributed by atoms with Gasteiger partial charge in [0, 0.05) is 31.4 Å². The summed E-state index contributed by atoms with van der Waals surface area (Å²) in [6.45, 7) is 7.09. The van der Waals surface area contributed by atoms with Crippen molar-refractivity contribution in [2.45, 2.75) is 32.2 Å². The molecule has 0 spiro atoms. The van der Waals surface area contributed by atoms with Crippen LogP contribution >= 0.6 is 0 Å². The van der Waals surface area contributed by atoms with Crippen LogP contribution in [0.15, 0.2) is 35.2 Å². The quantitative estimate of drug-likeness (QED) is 0.689. The molecule has 0 radical (unpaired) electrons. The van der Waals surface area contributed by atoms with Crippen molar-refractivity contribution in [1.29, 1.82) is 0 Å². The van der Waals surface area contributed by atoms with E-state index in [9.17, 15) is 13.2 Å². The number of nitrogens with zero attached hydrogens (tertiary/aromatic N) is 3. The SMILES string of the molecule is CON(C)S(=O)(=O)c1cccc(C(=O)NCC(C)Cn2nc(C)cc2C)c1. The van der Waals surface area contributed by atoms with Gasteiger partial charge in [0.2, 0.25) is 0 Å². The Labute approximate surface area is 160 Å². The van der Waals surface area contributed by atoms with Crippen molar-refractivity contribution >= 4 is 15.9 Å². The Hall–Kier alpha value is -2.23. The van der Waals surface area contributed by atoms with E-state index in [0.717, 1.165) is 15.9 Å². The Morgan fingerprint density at radius 1 is 1.33 bits per heavy atom. The predicted octanol–water partition coefficient (Wildman–Crippen LogP) is 1.75. The minimum Gasteiger partial charge on any atom is -0.352 e. The largest absolute Gasteiger partial charge is 0.352 e. The van der Waals surface area contributed by atoms with Gasteiger partial charge in [-0.1, -0.05) is 17.5 Å². The van der Waals surface area contributed by atoms with Crippen LogP contribution in [0.4, 0.5) is 0 Å². The van der Waals surface area contributed by atoms with E-state index >= 15 is 0 Å². The molecule has 1 heterocycles. The molecule has 8 nitrogen and oxygen atoms in total. The Kier molecular flexibility index (Phi) is 6.74. The molecule has 9 heteroatoms. The number of carbonyl (C=O) groups excluding carboxylic acids is 1. The van der Waals surface area contributed by atoms with Crippen molar-refractivity contribution < 1.29 is 18.0 Å². The number of rotatable bonds is 8. The monoisotopic (exact) mass is 394 g/mol. The number of hydrogen-bond acceptors (Lipinski definition) is 5. The van der Waals surface area contributed by atoms with E-state index in [1.165, 1.54) is 32.4 Å². The van der Waals surface area contributed by atoms with Gasteiger partial charge in [-0.15, -0.1) is 0 Å². The summed E-state index contributed by atoms with van der Waals surface area (Å²) < 4.78 is 27.3. The van der Waals surface area contributed by atoms with Crippen molar-refractivity contribution in [3.05, 3.63) is 47.3 Å². The van der Waals surface area contributed by atoms with E-state index < -0.39 is 10.0 Å². The molecule has 2 rings (SSSR count). The third-order valence-electron chi connectivity index (χ3n) is 4.19. The third-order valence-corrected chi connectivity index (χ3v) is 5.86. The van der Waals surface area contributed by atoms with Crippen molar-refractivity contribution in [3.8, 4) is 0 Å². The first kappa shape index (κ1) is 21.1. The molecule has 1 atom stereocenters. The highest BCUT2D eigenvalue weighted by Crippen LogP contribution is 2.16. The van der Waals surface area contributed by atoms with Gasteiger partial charge < -0.3 is 5.32 Å². The second kappa shape index (κ2) is 8.64. The van der Waals surface area contributed by atoms with E-state index in [1.54, 1.807) is 6.07 Å². The van der Waals surface area contributed by atoms with Crippen LogP contribution in [-0.2, 0) is 21.4 Å². The van der Waals surface area contributed by atoms with E-state index in [2.05, 4.69) is 10.4 Å². The van der Waals surface area contributed by atoms with Crippen LogP contribution in [0, 0.1) is 19.8 Å². The summed E-state index contributed by atoms with van der Waals surface area (Å²) in [5, 5.41) is 7.27. The van der Waals surface area contributed by atoms with Crippen LogP contribution in [0.3, 0.4) is 0 Å². The van der Waals surface area contributed by atoms with Crippen molar-refractivity contribution in [2.24, 2.45) is 5.92 Å². The van der Waals surface area contributed by atoms with E-state index in [1.807, 2.05) is 31.5 Å². The van der Waals surface area contributed by atoms with Gasteiger partial charge in [0.15, 0.2) is 0 Å². The second-order valence-electron chi connectivity index (χ2n) is 6.55. The van der Waals surface area contributed by atoms with Crippen LogP contribution in [0.5, 0.6) is 0 Å². The van der Waals surface area contributed by atoms with Gasteiger partial charge in [0.1, 0.15) is 0 Å². The molecule has 1 aromatic carbocycles. The summed E-state index contributed by atoms with van der Waals surface area (Å²) in [7, 11) is -1.24. The zero-order chi connectivity index (χ0) is 20.2. The molecule has 0 saturated carbocycles. The number of aromatic nitrogens is 2. The molecular weight excluding hydrogens is 368 g/mol. The van der Waals surface area contributed by atoms with Crippen molar-refractivity contribution in [1.82, 2.24) is 19.6 Å². The van der Waals surface area contributed by atoms with Crippen LogP contribution in [0.2, 0.25) is 0 Å². The predicted molar refractivity (Wildman–Crippen MR) is 102 cm³/mol. The fraction of sp³-hybridized carbons (Fsp3) is 0.444. The molecule has 0 saturated heterocycles. The summed E-state index contributed by atoms with van der Waals surface area (Å²) in [5.74, 6) is -0.161. The molecule has 0 aliphatic rings. The van der Waals surface area contributed by atoms with Crippen LogP contribution in [-0.4, -0.2) is 49.3 Å². The minimum absolute atomic E-state index is 0.00445. The topological polar surface area (TPSA) is 93.5 Å². The first-order chi connectivity index (χ1) is 12.6. The Bertz CT molecular complexity index is 908. The number of nitrogens with one attached hydrogen (secondary N) is 1. The first-order valence-corrected chi connectivity index (χ1v) is 10.0. The third kappa shape index (κ3) is 5.15. The van der Waals surface area contributed by atoms with Gasteiger partial charge >= 0.3 is 0 Å². The maximum Gasteiger partial charge on any atom is 0.264 e. The lowest BCUT2D eigenvalue weighted by molar-refractivity contribution is -0.0258. The zero-order valence-electron chi connectivity index (χ0n) is 16.3. The van der Waals surface area contributed by atoms with Crippen molar-refractivity contribution in [2.75, 3.05) is 20.7 Å². The molecular formula is C18H26N4O4S. The van der Waals surface area contributed by atoms with Gasteiger partial charge in [0.25, 0.3) is 15.9 Å². The number of carbonyl (C=O) groups is 1. The molecule has 0 fully saturated rings. The molecule has 2 aromatic rings. The fourth-order valence-electron chi connectivity index (χ4n) is 2.63. The summed E-state index contributed by atoms with van der Waals surface area (Å²) in [4.78, 5) is 17.2. The number of hydrogen-bond donors (Lipinski definition) is 1. The van der Waals surface area contributed by atoms with Gasteiger partial charge in [-0.2, -0.15) is 5.10 Å². The highest BCUT2D eigenvalue weighted by atomic mass is 32.2. The summed E-state index contributed by atoms with van der Waals surface area (Å²) in [6, 6.07) is 7.88. The average molecular weight is 394 g/mol. The number of benzene rings is 1. The minimum atomic E-state index is -3.80. The van der Waals surface area contributed by atoms with Crippen molar-refractivity contribution in [3.63, 3.8) is 0 Å². The first-order valence-electron chi connectivity index (χ1n) is 8.57. The zero-order valence-corrected chi connectivity index (χ0v) is 17.1. The molecule has 0 aliphatic carbocycles. The number of hydroxylamine groups is 1. The highest BCUT2D eigenvalue weighted by Gasteiger charge is 2.22. The Morgan fingerprint density at radius 2 is 2.04 bits per heavy atom. The summed E-state index contributed by atoms with van der Waals surface area (Å²) in [6.07, 6.45) is 0. The number of aryl methyl sites for hydroxylation is 2. The Morgan fingerprint density at radius 3 is 2.63 bits per heavy atom. The molecule has 0 aliphatic heterocycles. The normalized spacial score (nSPS) is 13.0. The van der Waals surface area contributed by atoms with E-state index in [-0.39, 0.29) is 22.3 Å². The van der Waals surface area contributed by atoms with Crippen LogP contribution in [0.1, 0.15) is 28.7 Å². The van der Waals surface area contributed by atoms with Gasteiger partial charge in [-0.3, -0.25) is 14.3 Å². The molecule has 1 aromatic heterocycles. The average Bonchev–Trinajstić information content (AvgIpc) is 2.95. The lowest BCUT2D eigenvalue weighted by Crippen LogP contribution is -2.31. The number of amides is 1. The lowest BCUT2D eigenvalue weighted by atomic mass is 10.1. The number of sulfonamides is 1. The van der Waals surface area contributed by atoms with E-state index in [0.29, 0.717) is 13.1 Å². The smallest absolute Gasteiger partial charge is 0.264 e. The molecule has 1 amide bonds. The van der Waals surface area contributed by atoms with E-state index in [4.69, 9.17) is 4.84 Å². The lowest BCUT2D eigenvalue weighted by Gasteiger charge is -2.16. The maximum absolute atomic E-state index is 12.4. The fourth-order valence-corrected chi connectivity index (χ4v) is 3.65. The molecule has 1 unspecified atom stereocenters.